The SMILES string of the molecule is COCC(O)CNC(=O)c1ccc(F)c(OC)c1. The van der Waals surface area contributed by atoms with E-state index in [9.17, 15) is 14.3 Å². The maximum absolute atomic E-state index is 13.1. The predicted octanol–water partition coefficient (Wildman–Crippen LogP) is 0.571. The van der Waals surface area contributed by atoms with Crippen LogP contribution in [0.25, 0.3) is 0 Å². The fraction of sp³-hybridized carbons (Fsp3) is 0.417. The fourth-order valence-corrected chi connectivity index (χ4v) is 1.36. The Hall–Kier alpha value is -1.66. The normalized spacial score (nSPS) is 12.0. The van der Waals surface area contributed by atoms with Crippen molar-refractivity contribution in [1.82, 2.24) is 5.32 Å². The van der Waals surface area contributed by atoms with Gasteiger partial charge in [-0.25, -0.2) is 4.39 Å². The van der Waals surface area contributed by atoms with Crippen LogP contribution in [0.15, 0.2) is 18.2 Å². The number of methoxy groups -OCH3 is 2. The van der Waals surface area contributed by atoms with Gasteiger partial charge in [0.05, 0.1) is 19.8 Å². The van der Waals surface area contributed by atoms with Gasteiger partial charge in [-0.05, 0) is 18.2 Å². The van der Waals surface area contributed by atoms with Gasteiger partial charge in [-0.1, -0.05) is 0 Å². The smallest absolute Gasteiger partial charge is 0.251 e. The van der Waals surface area contributed by atoms with Crippen molar-refractivity contribution in [2.75, 3.05) is 27.4 Å². The van der Waals surface area contributed by atoms with E-state index >= 15 is 0 Å². The molecule has 1 rings (SSSR count). The molecule has 0 aliphatic rings. The summed E-state index contributed by atoms with van der Waals surface area (Å²) < 4.78 is 22.6. The lowest BCUT2D eigenvalue weighted by atomic mass is 10.2. The molecule has 1 aromatic carbocycles. The first-order chi connectivity index (χ1) is 8.58. The zero-order chi connectivity index (χ0) is 13.5. The van der Waals surface area contributed by atoms with Crippen molar-refractivity contribution >= 4 is 5.91 Å². The summed E-state index contributed by atoms with van der Waals surface area (Å²) in [6.07, 6.45) is -0.777. The highest BCUT2D eigenvalue weighted by Crippen LogP contribution is 2.17. The first-order valence-corrected chi connectivity index (χ1v) is 5.37. The van der Waals surface area contributed by atoms with Crippen LogP contribution in [0.1, 0.15) is 10.4 Å². The lowest BCUT2D eigenvalue weighted by Crippen LogP contribution is -2.34. The van der Waals surface area contributed by atoms with Crippen molar-refractivity contribution < 1.29 is 23.8 Å². The molecule has 0 aromatic heterocycles. The van der Waals surface area contributed by atoms with Gasteiger partial charge in [0.2, 0.25) is 0 Å². The average molecular weight is 257 g/mol. The summed E-state index contributed by atoms with van der Waals surface area (Å²) in [6.45, 7) is 0.194. The monoisotopic (exact) mass is 257 g/mol. The number of halogens is 1. The highest BCUT2D eigenvalue weighted by Gasteiger charge is 2.11. The van der Waals surface area contributed by atoms with E-state index in [1.807, 2.05) is 0 Å². The van der Waals surface area contributed by atoms with E-state index in [0.29, 0.717) is 0 Å². The molecule has 1 unspecified atom stereocenters. The summed E-state index contributed by atoms with van der Waals surface area (Å²) in [6, 6.07) is 3.79. The molecular weight excluding hydrogens is 241 g/mol. The minimum Gasteiger partial charge on any atom is -0.494 e. The summed E-state index contributed by atoms with van der Waals surface area (Å²) in [5.41, 5.74) is 0.262. The van der Waals surface area contributed by atoms with Gasteiger partial charge in [-0.3, -0.25) is 4.79 Å². The topological polar surface area (TPSA) is 67.8 Å². The lowest BCUT2D eigenvalue weighted by Gasteiger charge is -2.11. The number of benzene rings is 1. The Labute approximate surface area is 105 Å². The van der Waals surface area contributed by atoms with Crippen molar-refractivity contribution in [1.29, 1.82) is 0 Å². The molecule has 0 radical (unpaired) electrons. The van der Waals surface area contributed by atoms with E-state index in [4.69, 9.17) is 9.47 Å². The van der Waals surface area contributed by atoms with E-state index in [-0.39, 0.29) is 24.5 Å². The van der Waals surface area contributed by atoms with Gasteiger partial charge in [0.1, 0.15) is 0 Å². The zero-order valence-corrected chi connectivity index (χ0v) is 10.3. The Morgan fingerprint density at radius 1 is 1.50 bits per heavy atom. The molecule has 2 N–H and O–H groups in total. The first-order valence-electron chi connectivity index (χ1n) is 5.37. The van der Waals surface area contributed by atoms with Gasteiger partial charge >= 0.3 is 0 Å². The molecule has 0 fully saturated rings. The van der Waals surface area contributed by atoms with Gasteiger partial charge < -0.3 is 19.9 Å². The standard InChI is InChI=1S/C12H16FNO4/c1-17-7-9(15)6-14-12(16)8-3-4-10(13)11(5-8)18-2/h3-5,9,15H,6-7H2,1-2H3,(H,14,16). The zero-order valence-electron chi connectivity index (χ0n) is 10.3. The number of aliphatic hydroxyl groups excluding tert-OH is 1. The molecule has 0 bridgehead atoms. The van der Waals surface area contributed by atoms with E-state index in [2.05, 4.69) is 5.32 Å². The quantitative estimate of drug-likeness (QED) is 0.782. The Bertz CT molecular complexity index is 411. The number of carbonyl (C=O) groups excluding carboxylic acids is 1. The Kier molecular flexibility index (Phi) is 5.54. The van der Waals surface area contributed by atoms with Gasteiger partial charge in [-0.15, -0.1) is 0 Å². The number of hydrogen-bond acceptors (Lipinski definition) is 4. The molecule has 0 saturated carbocycles. The molecule has 1 aromatic rings. The second kappa shape index (κ2) is 6.93. The third kappa shape index (κ3) is 3.97. The van der Waals surface area contributed by atoms with Crippen LogP contribution in [0.3, 0.4) is 0 Å². The van der Waals surface area contributed by atoms with Crippen LogP contribution in [-0.2, 0) is 4.74 Å². The van der Waals surface area contributed by atoms with Gasteiger partial charge in [0, 0.05) is 19.2 Å². The minimum atomic E-state index is -0.777. The van der Waals surface area contributed by atoms with Crippen LogP contribution in [-0.4, -0.2) is 44.5 Å². The predicted molar refractivity (Wildman–Crippen MR) is 63.2 cm³/mol. The molecule has 0 aliphatic carbocycles. The molecule has 1 amide bonds. The highest BCUT2D eigenvalue weighted by atomic mass is 19.1. The van der Waals surface area contributed by atoms with Crippen molar-refractivity contribution in [3.63, 3.8) is 0 Å². The molecule has 0 saturated heterocycles. The third-order valence-corrected chi connectivity index (χ3v) is 2.27. The summed E-state index contributed by atoms with van der Waals surface area (Å²) in [4.78, 5) is 11.7. The summed E-state index contributed by atoms with van der Waals surface area (Å²) in [5, 5.41) is 11.9. The molecule has 0 heterocycles. The van der Waals surface area contributed by atoms with E-state index in [0.717, 1.165) is 6.07 Å². The van der Waals surface area contributed by atoms with Crippen LogP contribution >= 0.6 is 0 Å². The number of rotatable bonds is 6. The van der Waals surface area contributed by atoms with Gasteiger partial charge in [0.15, 0.2) is 11.6 Å². The fourth-order valence-electron chi connectivity index (χ4n) is 1.36. The molecular formula is C12H16FNO4. The third-order valence-electron chi connectivity index (χ3n) is 2.27. The Morgan fingerprint density at radius 2 is 2.22 bits per heavy atom. The van der Waals surface area contributed by atoms with Crippen LogP contribution in [0.5, 0.6) is 5.75 Å². The van der Waals surface area contributed by atoms with Crippen molar-refractivity contribution in [3.8, 4) is 5.75 Å². The van der Waals surface area contributed by atoms with E-state index in [1.165, 1.54) is 26.4 Å². The molecule has 6 heteroatoms. The summed E-state index contributed by atoms with van der Waals surface area (Å²) in [7, 11) is 2.78. The molecule has 18 heavy (non-hydrogen) atoms. The number of aliphatic hydroxyl groups is 1. The van der Waals surface area contributed by atoms with Crippen LogP contribution in [0, 0.1) is 5.82 Å². The van der Waals surface area contributed by atoms with Crippen LogP contribution in [0.4, 0.5) is 4.39 Å². The van der Waals surface area contributed by atoms with Crippen LogP contribution < -0.4 is 10.1 Å². The number of hydrogen-bond donors (Lipinski definition) is 2. The first kappa shape index (κ1) is 14.4. The number of carbonyl (C=O) groups is 1. The summed E-state index contributed by atoms with van der Waals surface area (Å²) >= 11 is 0. The maximum Gasteiger partial charge on any atom is 0.251 e. The Morgan fingerprint density at radius 3 is 2.83 bits per heavy atom. The molecule has 100 valence electrons. The molecule has 0 aliphatic heterocycles. The number of nitrogens with one attached hydrogen (secondary N) is 1. The molecule has 5 nitrogen and oxygen atoms in total. The number of ether oxygens (including phenoxy) is 2. The Balaban J connectivity index is 2.61. The van der Waals surface area contributed by atoms with Gasteiger partial charge in [0.25, 0.3) is 5.91 Å². The molecule has 0 spiro atoms. The van der Waals surface area contributed by atoms with Crippen LogP contribution in [0.2, 0.25) is 0 Å². The average Bonchev–Trinajstić information content (AvgIpc) is 2.37. The second-order valence-corrected chi connectivity index (χ2v) is 3.67. The second-order valence-electron chi connectivity index (χ2n) is 3.67. The largest absolute Gasteiger partial charge is 0.494 e. The van der Waals surface area contributed by atoms with Crippen molar-refractivity contribution in [2.45, 2.75) is 6.10 Å². The lowest BCUT2D eigenvalue weighted by molar-refractivity contribution is 0.0609. The van der Waals surface area contributed by atoms with Crippen molar-refractivity contribution in [2.24, 2.45) is 0 Å². The van der Waals surface area contributed by atoms with E-state index in [1.54, 1.807) is 0 Å². The molecule has 1 atom stereocenters. The highest BCUT2D eigenvalue weighted by molar-refractivity contribution is 5.94. The van der Waals surface area contributed by atoms with E-state index < -0.39 is 17.8 Å². The maximum atomic E-state index is 13.1. The number of amides is 1. The van der Waals surface area contributed by atoms with Crippen molar-refractivity contribution in [3.05, 3.63) is 29.6 Å². The van der Waals surface area contributed by atoms with Gasteiger partial charge in [-0.2, -0.15) is 0 Å². The summed E-state index contributed by atoms with van der Waals surface area (Å²) in [5.74, 6) is -0.947. The minimum absolute atomic E-state index is 0.0000833.